The smallest absolute Gasteiger partial charge is 0.338 e. The number of carbonyl (C=O) groups is 2. The Hall–Kier alpha value is -2.35. The minimum Gasteiger partial charge on any atom is -0.459 e. The summed E-state index contributed by atoms with van der Waals surface area (Å²) in [5, 5.41) is 47.8. The quantitative estimate of drug-likeness (QED) is 0.262. The van der Waals surface area contributed by atoms with Gasteiger partial charge in [-0.2, -0.15) is 0 Å². The lowest BCUT2D eigenvalue weighted by Crippen LogP contribution is -2.61. The number of esters is 2. The SMILES string of the molecule is CC[C@@H]1OC(=O)[C@H](C)[C@@H](O[C@H]2C[C@@](C)(OC)[C@@H](O)[C@H](C)O2)[C@H](C)[C@@H](O[C@@H]2O[C@H](C)C[C@H](N(C)C)[C@H]2O)[C@@](C)(O)C[C@@H](C)CN(C)[C@@H](C)[C@@H](OC(=O)c2ccc(F)cc2)[C@]1(C)O. The minimum atomic E-state index is -1.96. The van der Waals surface area contributed by atoms with Gasteiger partial charge in [-0.25, -0.2) is 9.18 Å². The molecule has 0 aromatic heterocycles. The number of hydrogen-bond donors (Lipinski definition) is 4. The van der Waals surface area contributed by atoms with E-state index < -0.39 is 108 Å². The second kappa shape index (κ2) is 20.7. The Bertz CT molecular complexity index is 1580. The normalized spacial score (nSPS) is 43.9. The van der Waals surface area contributed by atoms with E-state index in [9.17, 15) is 34.4 Å². The maximum absolute atomic E-state index is 14.6. The second-order valence-corrected chi connectivity index (χ2v) is 19.1. The van der Waals surface area contributed by atoms with Gasteiger partial charge < -0.3 is 58.5 Å². The molecule has 0 spiro atoms. The maximum atomic E-state index is 14.6. The van der Waals surface area contributed by atoms with Crippen LogP contribution in [0, 0.1) is 23.6 Å². The summed E-state index contributed by atoms with van der Waals surface area (Å²) in [6, 6.07) is 3.88. The monoisotopic (exact) mass is 871 g/mol. The molecule has 4 rings (SSSR count). The average molecular weight is 871 g/mol. The highest BCUT2D eigenvalue weighted by atomic mass is 19.1. The van der Waals surface area contributed by atoms with Crippen molar-refractivity contribution in [1.82, 2.24) is 9.80 Å². The number of aliphatic hydroxyl groups is 4. The number of aliphatic hydroxyl groups excluding tert-OH is 2. The molecule has 15 nitrogen and oxygen atoms in total. The largest absolute Gasteiger partial charge is 0.459 e. The van der Waals surface area contributed by atoms with E-state index in [0.29, 0.717) is 13.0 Å². The molecular weight excluding hydrogens is 795 g/mol. The third-order valence-corrected chi connectivity index (χ3v) is 13.5. The highest BCUT2D eigenvalue weighted by Crippen LogP contribution is 2.40. The number of ether oxygens (including phenoxy) is 7. The van der Waals surface area contributed by atoms with Crippen molar-refractivity contribution in [3.05, 3.63) is 35.6 Å². The van der Waals surface area contributed by atoms with Gasteiger partial charge in [-0.05, 0) is 119 Å². The van der Waals surface area contributed by atoms with E-state index in [1.165, 1.54) is 26.2 Å². The first-order valence-corrected chi connectivity index (χ1v) is 21.8. The van der Waals surface area contributed by atoms with Gasteiger partial charge in [0.05, 0.1) is 47.1 Å². The second-order valence-electron chi connectivity index (χ2n) is 19.1. The molecule has 1 aromatic rings. The van der Waals surface area contributed by atoms with Crippen molar-refractivity contribution in [1.29, 1.82) is 0 Å². The third-order valence-electron chi connectivity index (χ3n) is 13.5. The van der Waals surface area contributed by atoms with Crippen molar-refractivity contribution in [3.63, 3.8) is 0 Å². The number of likely N-dealkylation sites (N-methyl/N-ethyl adjacent to an activating group) is 2. The molecule has 0 radical (unpaired) electrons. The van der Waals surface area contributed by atoms with Crippen molar-refractivity contribution in [2.45, 2.75) is 185 Å². The molecular formula is C45H75FN2O13. The van der Waals surface area contributed by atoms with Crippen LogP contribution < -0.4 is 0 Å². The first-order chi connectivity index (χ1) is 28.3. The lowest BCUT2D eigenvalue weighted by molar-refractivity contribution is -0.318. The van der Waals surface area contributed by atoms with Gasteiger partial charge >= 0.3 is 11.9 Å². The molecule has 0 unspecified atom stereocenters. The number of nitrogens with zero attached hydrogens (tertiary/aromatic N) is 2. The summed E-state index contributed by atoms with van der Waals surface area (Å²) in [5.74, 6) is -4.26. The maximum Gasteiger partial charge on any atom is 0.338 e. The fraction of sp³-hybridized carbons (Fsp3) is 0.822. The topological polar surface area (TPSA) is 186 Å². The standard InChI is InChI=1S/C45H75FN2O13/c1-15-33-45(10,54)39(60-41(52)30-16-18-31(46)19-17-30)28(6)48(13)23-24(2)21-43(8,53)38(61-42-35(49)32(47(11)12)20-25(3)56-42)26(4)36(27(5)40(51)58-33)59-34-22-44(9,55-14)37(50)29(7)57-34/h16-19,24-29,32-39,42,49-50,53-54H,15,20-23H2,1-14H3/t24-,25-,26+,27-,28+,29+,32+,33+,34+,35-,36+,37+,38-,39-,42+,43+,44-,45-/m1/s1. The minimum absolute atomic E-state index is 0.0701. The zero-order valence-corrected chi connectivity index (χ0v) is 38.7. The summed E-state index contributed by atoms with van der Waals surface area (Å²) >= 11 is 0. The number of benzene rings is 1. The summed E-state index contributed by atoms with van der Waals surface area (Å²) in [7, 11) is 7.04. The Kier molecular flexibility index (Phi) is 17.4. The molecule has 61 heavy (non-hydrogen) atoms. The van der Waals surface area contributed by atoms with E-state index >= 15 is 0 Å². The molecule has 0 aliphatic carbocycles. The lowest BCUT2D eigenvalue weighted by atomic mass is 9.77. The van der Waals surface area contributed by atoms with E-state index in [1.54, 1.807) is 48.5 Å². The molecule has 16 heteroatoms. The van der Waals surface area contributed by atoms with E-state index in [1.807, 2.05) is 44.8 Å². The molecule has 4 N–H and O–H groups in total. The van der Waals surface area contributed by atoms with Crippen LogP contribution in [0.1, 0.15) is 105 Å². The summed E-state index contributed by atoms with van der Waals surface area (Å²) in [6.07, 6.45) is -9.03. The van der Waals surface area contributed by atoms with Gasteiger partial charge in [0.15, 0.2) is 12.6 Å². The molecule has 3 fully saturated rings. The molecule has 3 aliphatic heterocycles. The van der Waals surface area contributed by atoms with Gasteiger partial charge in [-0.1, -0.05) is 20.8 Å². The van der Waals surface area contributed by atoms with Crippen LogP contribution in [0.2, 0.25) is 0 Å². The molecule has 1 aromatic carbocycles. The van der Waals surface area contributed by atoms with E-state index in [0.717, 1.165) is 12.1 Å². The summed E-state index contributed by atoms with van der Waals surface area (Å²) in [4.78, 5) is 32.0. The first kappa shape index (κ1) is 51.3. The number of hydrogen-bond acceptors (Lipinski definition) is 15. The highest BCUT2D eigenvalue weighted by molar-refractivity contribution is 5.89. The summed E-state index contributed by atoms with van der Waals surface area (Å²) < 4.78 is 57.8. The van der Waals surface area contributed by atoms with Crippen LogP contribution in [0.3, 0.4) is 0 Å². The summed E-state index contributed by atoms with van der Waals surface area (Å²) in [6.45, 7) is 17.7. The lowest BCUT2D eigenvalue weighted by Gasteiger charge is -2.48. The molecule has 350 valence electrons. The van der Waals surface area contributed by atoms with Crippen molar-refractivity contribution in [2.24, 2.45) is 17.8 Å². The van der Waals surface area contributed by atoms with Crippen LogP contribution in [0.25, 0.3) is 0 Å². The van der Waals surface area contributed by atoms with Crippen LogP contribution in [0.4, 0.5) is 4.39 Å². The Morgan fingerprint density at radius 2 is 1.59 bits per heavy atom. The molecule has 0 amide bonds. The van der Waals surface area contributed by atoms with Gasteiger partial charge in [0.25, 0.3) is 0 Å². The number of halogens is 1. The van der Waals surface area contributed by atoms with Gasteiger partial charge in [-0.15, -0.1) is 0 Å². The Morgan fingerprint density at radius 1 is 0.967 bits per heavy atom. The van der Waals surface area contributed by atoms with Gasteiger partial charge in [0.1, 0.15) is 35.8 Å². The van der Waals surface area contributed by atoms with Crippen molar-refractivity contribution < 1.29 is 67.6 Å². The van der Waals surface area contributed by atoms with Crippen LogP contribution in [0.15, 0.2) is 24.3 Å². The van der Waals surface area contributed by atoms with E-state index in [-0.39, 0.29) is 42.9 Å². The van der Waals surface area contributed by atoms with Crippen LogP contribution in [-0.2, 0) is 38.0 Å². The number of carbonyl (C=O) groups excluding carboxylic acids is 2. The fourth-order valence-electron chi connectivity index (χ4n) is 9.71. The molecule has 18 atom stereocenters. The van der Waals surface area contributed by atoms with Crippen molar-refractivity contribution >= 4 is 11.9 Å². The zero-order valence-electron chi connectivity index (χ0n) is 38.7. The Balaban J connectivity index is 1.84. The number of rotatable bonds is 9. The summed E-state index contributed by atoms with van der Waals surface area (Å²) in [5.41, 5.74) is -4.60. The van der Waals surface area contributed by atoms with Gasteiger partial charge in [0.2, 0.25) is 0 Å². The molecule has 3 saturated heterocycles. The fourth-order valence-corrected chi connectivity index (χ4v) is 9.71. The van der Waals surface area contributed by atoms with Crippen LogP contribution in [0.5, 0.6) is 0 Å². The number of methoxy groups -OCH3 is 1. The van der Waals surface area contributed by atoms with Crippen LogP contribution >= 0.6 is 0 Å². The van der Waals surface area contributed by atoms with Crippen molar-refractivity contribution in [3.8, 4) is 0 Å². The number of cyclic esters (lactones) is 1. The zero-order chi connectivity index (χ0) is 45.9. The predicted octanol–water partition coefficient (Wildman–Crippen LogP) is 3.90. The molecule has 3 aliphatic rings. The van der Waals surface area contributed by atoms with Gasteiger partial charge in [0, 0.05) is 38.1 Å². The molecule has 0 saturated carbocycles. The Labute approximate surface area is 362 Å². The predicted molar refractivity (Wildman–Crippen MR) is 224 cm³/mol. The van der Waals surface area contributed by atoms with E-state index in [4.69, 9.17) is 33.2 Å². The van der Waals surface area contributed by atoms with E-state index in [2.05, 4.69) is 0 Å². The van der Waals surface area contributed by atoms with Crippen LogP contribution in [-0.4, -0.2) is 167 Å². The average Bonchev–Trinajstić information content (AvgIpc) is 3.18. The Morgan fingerprint density at radius 3 is 2.16 bits per heavy atom. The van der Waals surface area contributed by atoms with Crippen molar-refractivity contribution in [2.75, 3.05) is 34.8 Å². The first-order valence-electron chi connectivity index (χ1n) is 21.8. The van der Waals surface area contributed by atoms with Gasteiger partial charge in [-0.3, -0.25) is 9.69 Å². The molecule has 0 bridgehead atoms. The molecule has 3 heterocycles. The third kappa shape index (κ3) is 11.9. The highest BCUT2D eigenvalue weighted by Gasteiger charge is 2.53.